The number of carbonyl (C=O) groups excluding carboxylic acids is 1. The molecule has 0 aliphatic carbocycles. The van der Waals surface area contributed by atoms with E-state index >= 15 is 0 Å². The third-order valence-corrected chi connectivity index (χ3v) is 6.95. The Morgan fingerprint density at radius 2 is 1.64 bits per heavy atom. The molecule has 0 heterocycles. The average Bonchev–Trinajstić information content (AvgIpc) is 2.78. The molecule has 0 saturated carbocycles. The van der Waals surface area contributed by atoms with Crippen LogP contribution in [0.3, 0.4) is 0 Å². The number of benzene rings is 3. The molecule has 1 amide bonds. The van der Waals surface area contributed by atoms with Crippen LogP contribution in [-0.2, 0) is 27.4 Å². The van der Waals surface area contributed by atoms with Gasteiger partial charge in [0.15, 0.2) is 0 Å². The summed E-state index contributed by atoms with van der Waals surface area (Å²) in [6, 6.07) is 16.8. The molecule has 0 fully saturated rings. The van der Waals surface area contributed by atoms with E-state index in [1.165, 1.54) is 24.3 Å². The Morgan fingerprint density at radius 1 is 1.00 bits per heavy atom. The third kappa shape index (κ3) is 5.66. The molecule has 0 radical (unpaired) electrons. The molecule has 0 atom stereocenters. The maximum atomic E-state index is 13.4. The lowest BCUT2D eigenvalue weighted by atomic mass is 10.1. The van der Waals surface area contributed by atoms with E-state index in [4.69, 9.17) is 11.6 Å². The molecular formula is C23H20ClF3N2O3S. The summed E-state index contributed by atoms with van der Waals surface area (Å²) in [6.07, 6.45) is -4.19. The third-order valence-electron chi connectivity index (χ3n) is 4.83. The van der Waals surface area contributed by atoms with Gasteiger partial charge in [0.1, 0.15) is 6.54 Å². The first-order chi connectivity index (χ1) is 15.5. The number of alkyl halides is 3. The van der Waals surface area contributed by atoms with Gasteiger partial charge in [0.25, 0.3) is 10.0 Å². The standard InChI is InChI=1S/C23H20ClF3N2O3S/c1-2-16-8-6-7-11-21(16)28-22(30)15-29(33(31,32)18-9-4-3-5-10-18)17-12-13-20(24)19(14-17)23(25,26)27/h3-14H,2,15H2,1H3,(H,28,30). The van der Waals surface area contributed by atoms with Gasteiger partial charge in [-0.2, -0.15) is 13.2 Å². The van der Waals surface area contributed by atoms with Gasteiger partial charge in [-0.15, -0.1) is 0 Å². The Labute approximate surface area is 194 Å². The average molecular weight is 497 g/mol. The Balaban J connectivity index is 2.04. The predicted octanol–water partition coefficient (Wildman–Crippen LogP) is 5.76. The highest BCUT2D eigenvalue weighted by Crippen LogP contribution is 2.38. The van der Waals surface area contributed by atoms with Gasteiger partial charge in [0, 0.05) is 5.69 Å². The fourth-order valence-electron chi connectivity index (χ4n) is 3.19. The molecule has 1 N–H and O–H groups in total. The molecule has 3 aromatic rings. The summed E-state index contributed by atoms with van der Waals surface area (Å²) in [5, 5.41) is 2.07. The Kier molecular flexibility index (Phi) is 7.34. The molecule has 0 aromatic heterocycles. The second-order valence-electron chi connectivity index (χ2n) is 7.05. The van der Waals surface area contributed by atoms with Crippen molar-refractivity contribution < 1.29 is 26.4 Å². The first kappa shape index (κ1) is 24.6. The molecule has 0 aliphatic heterocycles. The molecule has 0 unspecified atom stereocenters. The van der Waals surface area contributed by atoms with Crippen molar-refractivity contribution in [3.63, 3.8) is 0 Å². The number of nitrogens with one attached hydrogen (secondary N) is 1. The van der Waals surface area contributed by atoms with E-state index in [1.54, 1.807) is 24.3 Å². The summed E-state index contributed by atoms with van der Waals surface area (Å²) in [5.74, 6) is -0.709. The SMILES string of the molecule is CCc1ccccc1NC(=O)CN(c1ccc(Cl)c(C(F)(F)F)c1)S(=O)(=O)c1ccccc1. The lowest BCUT2D eigenvalue weighted by molar-refractivity contribution is -0.137. The molecule has 0 saturated heterocycles. The van der Waals surface area contributed by atoms with E-state index in [-0.39, 0.29) is 10.6 Å². The van der Waals surface area contributed by atoms with Crippen LogP contribution in [0.25, 0.3) is 0 Å². The number of anilines is 2. The number of rotatable bonds is 7. The predicted molar refractivity (Wildman–Crippen MR) is 122 cm³/mol. The number of hydrogen-bond donors (Lipinski definition) is 1. The van der Waals surface area contributed by atoms with Gasteiger partial charge in [0.2, 0.25) is 5.91 Å². The van der Waals surface area contributed by atoms with Gasteiger partial charge in [-0.25, -0.2) is 8.42 Å². The number of aryl methyl sites for hydroxylation is 1. The van der Waals surface area contributed by atoms with Crippen LogP contribution >= 0.6 is 11.6 Å². The summed E-state index contributed by atoms with van der Waals surface area (Å²) in [5.41, 5.74) is -0.218. The number of amides is 1. The molecule has 5 nitrogen and oxygen atoms in total. The zero-order chi connectivity index (χ0) is 24.2. The topological polar surface area (TPSA) is 66.5 Å². The van der Waals surface area contributed by atoms with Crippen LogP contribution in [0.15, 0.2) is 77.7 Å². The molecular weight excluding hydrogens is 477 g/mol. The van der Waals surface area contributed by atoms with Crippen molar-refractivity contribution in [1.82, 2.24) is 0 Å². The molecule has 174 valence electrons. The van der Waals surface area contributed by atoms with Crippen LogP contribution < -0.4 is 9.62 Å². The summed E-state index contributed by atoms with van der Waals surface area (Å²) in [7, 11) is -4.37. The van der Waals surface area contributed by atoms with E-state index in [0.29, 0.717) is 22.5 Å². The normalized spacial score (nSPS) is 11.8. The number of sulfonamides is 1. The Morgan fingerprint density at radius 3 is 2.27 bits per heavy atom. The van der Waals surface area contributed by atoms with E-state index in [9.17, 15) is 26.4 Å². The number of para-hydroxylation sites is 1. The van der Waals surface area contributed by atoms with Crippen LogP contribution in [0.4, 0.5) is 24.5 Å². The maximum absolute atomic E-state index is 13.4. The lowest BCUT2D eigenvalue weighted by Crippen LogP contribution is -2.38. The number of halogens is 4. The zero-order valence-corrected chi connectivity index (χ0v) is 19.0. The van der Waals surface area contributed by atoms with Crippen LogP contribution in [0.1, 0.15) is 18.1 Å². The molecule has 33 heavy (non-hydrogen) atoms. The van der Waals surface area contributed by atoms with E-state index in [0.717, 1.165) is 17.7 Å². The van der Waals surface area contributed by atoms with Gasteiger partial charge in [0.05, 0.1) is 21.2 Å². The minimum Gasteiger partial charge on any atom is -0.324 e. The van der Waals surface area contributed by atoms with Gasteiger partial charge < -0.3 is 5.32 Å². The van der Waals surface area contributed by atoms with Crippen molar-refractivity contribution in [1.29, 1.82) is 0 Å². The largest absolute Gasteiger partial charge is 0.417 e. The first-order valence-corrected chi connectivity index (χ1v) is 11.7. The van der Waals surface area contributed by atoms with Crippen molar-refractivity contribution in [3.8, 4) is 0 Å². The minimum atomic E-state index is -4.81. The number of hydrogen-bond acceptors (Lipinski definition) is 3. The quantitative estimate of drug-likeness (QED) is 0.452. The molecule has 10 heteroatoms. The second-order valence-corrected chi connectivity index (χ2v) is 9.32. The summed E-state index contributed by atoms with van der Waals surface area (Å²) in [6.45, 7) is 1.15. The Hall–Kier alpha value is -3.04. The van der Waals surface area contributed by atoms with Crippen molar-refractivity contribution in [2.75, 3.05) is 16.2 Å². The number of nitrogens with zero attached hydrogens (tertiary/aromatic N) is 1. The van der Waals surface area contributed by atoms with Gasteiger partial charge in [-0.1, -0.05) is 54.9 Å². The van der Waals surface area contributed by atoms with Crippen molar-refractivity contribution in [2.24, 2.45) is 0 Å². The first-order valence-electron chi connectivity index (χ1n) is 9.86. The van der Waals surface area contributed by atoms with Crippen LogP contribution in [0.5, 0.6) is 0 Å². The van der Waals surface area contributed by atoms with Crippen LogP contribution in [-0.4, -0.2) is 20.9 Å². The highest BCUT2D eigenvalue weighted by Gasteiger charge is 2.35. The fourth-order valence-corrected chi connectivity index (χ4v) is 4.85. The number of carbonyl (C=O) groups is 1. The molecule has 0 spiro atoms. The highest BCUT2D eigenvalue weighted by atomic mass is 35.5. The highest BCUT2D eigenvalue weighted by molar-refractivity contribution is 7.92. The second kappa shape index (κ2) is 9.84. The monoisotopic (exact) mass is 496 g/mol. The maximum Gasteiger partial charge on any atom is 0.417 e. The van der Waals surface area contributed by atoms with Crippen molar-refractivity contribution in [2.45, 2.75) is 24.4 Å². The molecule has 3 rings (SSSR count). The van der Waals surface area contributed by atoms with E-state index < -0.39 is 39.2 Å². The lowest BCUT2D eigenvalue weighted by Gasteiger charge is -2.25. The van der Waals surface area contributed by atoms with E-state index in [1.807, 2.05) is 13.0 Å². The molecule has 0 bridgehead atoms. The Bertz CT molecular complexity index is 1250. The van der Waals surface area contributed by atoms with Crippen molar-refractivity contribution >= 4 is 38.9 Å². The molecule has 3 aromatic carbocycles. The van der Waals surface area contributed by atoms with Crippen molar-refractivity contribution in [3.05, 3.63) is 88.9 Å². The van der Waals surface area contributed by atoms with Gasteiger partial charge in [-0.3, -0.25) is 9.10 Å². The van der Waals surface area contributed by atoms with Gasteiger partial charge >= 0.3 is 6.18 Å². The summed E-state index contributed by atoms with van der Waals surface area (Å²) >= 11 is 5.70. The zero-order valence-electron chi connectivity index (χ0n) is 17.4. The minimum absolute atomic E-state index is 0.171. The molecule has 0 aliphatic rings. The van der Waals surface area contributed by atoms with Gasteiger partial charge in [-0.05, 0) is 48.4 Å². The van der Waals surface area contributed by atoms with Crippen LogP contribution in [0.2, 0.25) is 5.02 Å². The van der Waals surface area contributed by atoms with E-state index in [2.05, 4.69) is 5.32 Å². The summed E-state index contributed by atoms with van der Waals surface area (Å²) < 4.78 is 67.5. The van der Waals surface area contributed by atoms with Crippen LogP contribution in [0, 0.1) is 0 Å². The fraction of sp³-hybridized carbons (Fsp3) is 0.174. The smallest absolute Gasteiger partial charge is 0.324 e. The summed E-state index contributed by atoms with van der Waals surface area (Å²) in [4.78, 5) is 12.7.